The Morgan fingerprint density at radius 3 is 2.00 bits per heavy atom. The fraction of sp³-hybridized carbons (Fsp3) is 0.0526. The van der Waals surface area contributed by atoms with E-state index in [-0.39, 0.29) is 0 Å². The summed E-state index contributed by atoms with van der Waals surface area (Å²) in [6, 6.07) is 25.5. The minimum absolute atomic E-state index is 0.654. The number of hydrogen-bond donors (Lipinski definition) is 2. The fourth-order valence-electron chi connectivity index (χ4n) is 2.41. The Morgan fingerprint density at radius 1 is 0.667 bits per heavy atom. The van der Waals surface area contributed by atoms with Gasteiger partial charge in [0.25, 0.3) is 0 Å². The molecule has 104 valence electrons. The lowest BCUT2D eigenvalue weighted by Gasteiger charge is -2.13. The van der Waals surface area contributed by atoms with Crippen LogP contribution in [0.25, 0.3) is 11.1 Å². The van der Waals surface area contributed by atoms with Crippen LogP contribution in [0.3, 0.4) is 0 Å². The normalized spacial score (nSPS) is 12.0. The molecule has 21 heavy (non-hydrogen) atoms. The van der Waals surface area contributed by atoms with Crippen molar-refractivity contribution in [3.63, 3.8) is 0 Å². The first-order chi connectivity index (χ1) is 10.2. The Morgan fingerprint density at radius 2 is 1.33 bits per heavy atom. The second-order valence-electron chi connectivity index (χ2n) is 5.06. The van der Waals surface area contributed by atoms with Crippen LogP contribution in [0.4, 0.5) is 5.69 Å². The maximum absolute atomic E-state index is 10.4. The molecule has 0 fully saturated rings. The lowest BCUT2D eigenvalue weighted by Crippen LogP contribution is -2.00. The molecule has 0 aliphatic heterocycles. The largest absolute Gasteiger partial charge is 0.399 e. The Bertz CT molecular complexity index is 720. The van der Waals surface area contributed by atoms with Crippen LogP contribution in [0.15, 0.2) is 78.9 Å². The zero-order valence-electron chi connectivity index (χ0n) is 11.6. The van der Waals surface area contributed by atoms with Crippen molar-refractivity contribution in [2.45, 2.75) is 6.10 Å². The van der Waals surface area contributed by atoms with E-state index in [1.807, 2.05) is 60.7 Å². The summed E-state index contributed by atoms with van der Waals surface area (Å²) in [5.41, 5.74) is 10.4. The van der Waals surface area contributed by atoms with E-state index >= 15 is 0 Å². The van der Waals surface area contributed by atoms with Crippen molar-refractivity contribution in [2.75, 3.05) is 5.73 Å². The third-order valence-corrected chi connectivity index (χ3v) is 3.56. The van der Waals surface area contributed by atoms with Crippen molar-refractivity contribution in [1.29, 1.82) is 0 Å². The van der Waals surface area contributed by atoms with Gasteiger partial charge in [0.1, 0.15) is 6.10 Å². The molecule has 0 radical (unpaired) electrons. The zero-order valence-corrected chi connectivity index (χ0v) is 11.6. The third kappa shape index (κ3) is 2.96. The summed E-state index contributed by atoms with van der Waals surface area (Å²) in [7, 11) is 0. The Labute approximate surface area is 124 Å². The SMILES string of the molecule is Nc1cccc(C(O)c2ccc(-c3ccccc3)cc2)c1. The molecular formula is C19H17NO. The van der Waals surface area contributed by atoms with E-state index in [9.17, 15) is 5.11 Å². The highest BCUT2D eigenvalue weighted by Crippen LogP contribution is 2.26. The highest BCUT2D eigenvalue weighted by molar-refractivity contribution is 5.63. The summed E-state index contributed by atoms with van der Waals surface area (Å²) in [5.74, 6) is 0. The number of nitrogens with two attached hydrogens (primary N) is 1. The van der Waals surface area contributed by atoms with Crippen molar-refractivity contribution in [3.05, 3.63) is 90.0 Å². The molecule has 0 amide bonds. The fourth-order valence-corrected chi connectivity index (χ4v) is 2.41. The average molecular weight is 275 g/mol. The van der Waals surface area contributed by atoms with E-state index in [0.717, 1.165) is 16.7 Å². The van der Waals surface area contributed by atoms with Crippen molar-refractivity contribution >= 4 is 5.69 Å². The standard InChI is InChI=1S/C19H17NO/c20-18-8-4-7-17(13-18)19(21)16-11-9-15(10-12-16)14-5-2-1-3-6-14/h1-13,19,21H,20H2. The minimum atomic E-state index is -0.654. The summed E-state index contributed by atoms with van der Waals surface area (Å²) in [4.78, 5) is 0. The van der Waals surface area contributed by atoms with Crippen molar-refractivity contribution in [1.82, 2.24) is 0 Å². The smallest absolute Gasteiger partial charge is 0.104 e. The van der Waals surface area contributed by atoms with Crippen LogP contribution in [0.5, 0.6) is 0 Å². The molecule has 3 rings (SSSR count). The van der Waals surface area contributed by atoms with Crippen molar-refractivity contribution in [3.8, 4) is 11.1 Å². The molecule has 0 bridgehead atoms. The van der Waals surface area contributed by atoms with E-state index < -0.39 is 6.10 Å². The minimum Gasteiger partial charge on any atom is -0.399 e. The van der Waals surface area contributed by atoms with Crippen molar-refractivity contribution < 1.29 is 5.11 Å². The molecule has 0 saturated heterocycles. The monoisotopic (exact) mass is 275 g/mol. The van der Waals surface area contributed by atoms with Gasteiger partial charge < -0.3 is 10.8 Å². The number of rotatable bonds is 3. The second kappa shape index (κ2) is 5.81. The van der Waals surface area contributed by atoms with Gasteiger partial charge in [0.2, 0.25) is 0 Å². The Kier molecular flexibility index (Phi) is 3.71. The van der Waals surface area contributed by atoms with Gasteiger partial charge in [-0.25, -0.2) is 0 Å². The van der Waals surface area contributed by atoms with Gasteiger partial charge in [0.15, 0.2) is 0 Å². The molecule has 0 aliphatic carbocycles. The van der Waals surface area contributed by atoms with Crippen molar-refractivity contribution in [2.24, 2.45) is 0 Å². The third-order valence-electron chi connectivity index (χ3n) is 3.56. The van der Waals surface area contributed by atoms with Crippen LogP contribution in [0, 0.1) is 0 Å². The Hall–Kier alpha value is -2.58. The molecule has 1 unspecified atom stereocenters. The van der Waals surface area contributed by atoms with Gasteiger partial charge in [-0.2, -0.15) is 0 Å². The number of benzene rings is 3. The van der Waals surface area contributed by atoms with Crippen LogP contribution in [0.1, 0.15) is 17.2 Å². The van der Waals surface area contributed by atoms with E-state index in [1.54, 1.807) is 6.07 Å². The Balaban J connectivity index is 1.87. The molecule has 3 aromatic rings. The first-order valence-corrected chi connectivity index (χ1v) is 6.93. The second-order valence-corrected chi connectivity index (χ2v) is 5.06. The topological polar surface area (TPSA) is 46.2 Å². The first kappa shape index (κ1) is 13.4. The summed E-state index contributed by atoms with van der Waals surface area (Å²) in [6.07, 6.45) is -0.654. The highest BCUT2D eigenvalue weighted by Gasteiger charge is 2.10. The molecule has 2 nitrogen and oxygen atoms in total. The molecule has 0 heterocycles. The van der Waals surface area contributed by atoms with Crippen LogP contribution in [-0.4, -0.2) is 5.11 Å². The first-order valence-electron chi connectivity index (χ1n) is 6.93. The molecule has 3 N–H and O–H groups in total. The lowest BCUT2D eigenvalue weighted by molar-refractivity contribution is 0.220. The number of aliphatic hydroxyl groups is 1. The molecule has 0 saturated carbocycles. The molecule has 0 spiro atoms. The molecule has 1 atom stereocenters. The van der Waals surface area contributed by atoms with Gasteiger partial charge >= 0.3 is 0 Å². The highest BCUT2D eigenvalue weighted by atomic mass is 16.3. The van der Waals surface area contributed by atoms with E-state index in [4.69, 9.17) is 5.73 Å². The van der Waals surface area contributed by atoms with E-state index in [1.165, 1.54) is 5.56 Å². The number of nitrogen functional groups attached to an aromatic ring is 1. The molecule has 0 aliphatic rings. The summed E-state index contributed by atoms with van der Waals surface area (Å²) in [6.45, 7) is 0. The summed E-state index contributed by atoms with van der Waals surface area (Å²) < 4.78 is 0. The van der Waals surface area contributed by atoms with E-state index in [2.05, 4.69) is 12.1 Å². The average Bonchev–Trinajstić information content (AvgIpc) is 2.55. The molecule has 2 heteroatoms. The predicted molar refractivity (Wildman–Crippen MR) is 86.8 cm³/mol. The lowest BCUT2D eigenvalue weighted by atomic mass is 9.98. The van der Waals surface area contributed by atoms with Gasteiger partial charge in [0.05, 0.1) is 0 Å². The van der Waals surface area contributed by atoms with Crippen LogP contribution in [-0.2, 0) is 0 Å². The van der Waals surface area contributed by atoms with Crippen LogP contribution < -0.4 is 5.73 Å². The van der Waals surface area contributed by atoms with Crippen LogP contribution >= 0.6 is 0 Å². The quantitative estimate of drug-likeness (QED) is 0.709. The van der Waals surface area contributed by atoms with Gasteiger partial charge in [0, 0.05) is 5.69 Å². The zero-order chi connectivity index (χ0) is 14.7. The molecule has 3 aromatic carbocycles. The number of aliphatic hydroxyl groups excluding tert-OH is 1. The number of hydrogen-bond acceptors (Lipinski definition) is 2. The van der Waals surface area contributed by atoms with Gasteiger partial charge in [-0.15, -0.1) is 0 Å². The van der Waals surface area contributed by atoms with E-state index in [0.29, 0.717) is 5.69 Å². The maximum Gasteiger partial charge on any atom is 0.104 e. The van der Waals surface area contributed by atoms with Gasteiger partial charge in [-0.05, 0) is 34.4 Å². The molecule has 0 aromatic heterocycles. The van der Waals surface area contributed by atoms with Gasteiger partial charge in [-0.3, -0.25) is 0 Å². The van der Waals surface area contributed by atoms with Gasteiger partial charge in [-0.1, -0.05) is 66.7 Å². The summed E-state index contributed by atoms with van der Waals surface area (Å²) >= 11 is 0. The number of anilines is 1. The predicted octanol–water partition coefficient (Wildman–Crippen LogP) is 4.02. The summed E-state index contributed by atoms with van der Waals surface area (Å²) in [5, 5.41) is 10.4. The molecular weight excluding hydrogens is 258 g/mol. The maximum atomic E-state index is 10.4. The van der Waals surface area contributed by atoms with Crippen LogP contribution in [0.2, 0.25) is 0 Å².